The van der Waals surface area contributed by atoms with E-state index in [-0.39, 0.29) is 5.75 Å². The van der Waals surface area contributed by atoms with Crippen molar-refractivity contribution in [1.82, 2.24) is 0 Å². The average molecular weight is 325 g/mol. The fraction of sp³-hybridized carbons (Fsp3) is 0.294. The van der Waals surface area contributed by atoms with E-state index in [1.807, 2.05) is 6.07 Å². The van der Waals surface area contributed by atoms with Crippen molar-refractivity contribution in [3.63, 3.8) is 0 Å². The third-order valence-corrected chi connectivity index (χ3v) is 3.19. The summed E-state index contributed by atoms with van der Waals surface area (Å²) in [6.07, 6.45) is -2.71. The first-order valence-corrected chi connectivity index (χ1v) is 7.27. The van der Waals surface area contributed by atoms with Crippen LogP contribution in [0.1, 0.15) is 19.8 Å². The zero-order chi connectivity index (χ0) is 16.9. The lowest BCUT2D eigenvalue weighted by molar-refractivity contribution is -0.274. The second kappa shape index (κ2) is 7.26. The van der Waals surface area contributed by atoms with Gasteiger partial charge in [0.05, 0.1) is 12.3 Å². The molecule has 0 heterocycles. The Balaban J connectivity index is 2.11. The number of unbranched alkanes of at least 4 members (excludes halogenated alkanes) is 1. The summed E-state index contributed by atoms with van der Waals surface area (Å²) in [6, 6.07) is 11.0. The first-order valence-electron chi connectivity index (χ1n) is 7.27. The minimum Gasteiger partial charge on any atom is -0.491 e. The van der Waals surface area contributed by atoms with E-state index in [2.05, 4.69) is 11.7 Å². The predicted octanol–water partition coefficient (Wildman–Crippen LogP) is 5.01. The predicted molar refractivity (Wildman–Crippen MR) is 83.4 cm³/mol. The van der Waals surface area contributed by atoms with E-state index in [0.717, 1.165) is 24.0 Å². The highest BCUT2D eigenvalue weighted by Gasteiger charge is 2.30. The summed E-state index contributed by atoms with van der Waals surface area (Å²) in [5, 5.41) is 0. The molecule has 0 bridgehead atoms. The Bertz CT molecular complexity index is 639. The van der Waals surface area contributed by atoms with E-state index < -0.39 is 6.36 Å². The fourth-order valence-corrected chi connectivity index (χ4v) is 2.03. The number of nitrogen functional groups attached to an aromatic ring is 1. The normalized spacial score (nSPS) is 11.3. The molecule has 0 amide bonds. The summed E-state index contributed by atoms with van der Waals surface area (Å²) in [5.41, 5.74) is 7.99. The van der Waals surface area contributed by atoms with Crippen LogP contribution in [-0.2, 0) is 0 Å². The second-order valence-electron chi connectivity index (χ2n) is 5.03. The lowest BCUT2D eigenvalue weighted by Crippen LogP contribution is -2.16. The van der Waals surface area contributed by atoms with Crippen molar-refractivity contribution >= 4 is 5.69 Å². The second-order valence-corrected chi connectivity index (χ2v) is 5.03. The lowest BCUT2D eigenvalue weighted by atomic mass is 10.0. The van der Waals surface area contributed by atoms with Gasteiger partial charge in [-0.05, 0) is 41.8 Å². The molecule has 2 N–H and O–H groups in total. The Labute approximate surface area is 132 Å². The van der Waals surface area contributed by atoms with Crippen LogP contribution in [-0.4, -0.2) is 13.0 Å². The molecule has 124 valence electrons. The SMILES string of the molecule is CCCCOc1ccc(-c2ccc(OC(F)(F)F)cc2)cc1N. The van der Waals surface area contributed by atoms with Crippen LogP contribution in [0.2, 0.25) is 0 Å². The first-order chi connectivity index (χ1) is 10.9. The number of halogens is 3. The van der Waals surface area contributed by atoms with Crippen molar-refractivity contribution in [2.45, 2.75) is 26.1 Å². The molecule has 3 nitrogen and oxygen atoms in total. The van der Waals surface area contributed by atoms with Gasteiger partial charge in [0.1, 0.15) is 11.5 Å². The zero-order valence-electron chi connectivity index (χ0n) is 12.7. The maximum Gasteiger partial charge on any atom is 0.573 e. The highest BCUT2D eigenvalue weighted by molar-refractivity contribution is 5.71. The van der Waals surface area contributed by atoms with Crippen molar-refractivity contribution in [2.24, 2.45) is 0 Å². The van der Waals surface area contributed by atoms with E-state index in [4.69, 9.17) is 10.5 Å². The Kier molecular flexibility index (Phi) is 5.36. The van der Waals surface area contributed by atoms with Crippen molar-refractivity contribution in [3.05, 3.63) is 42.5 Å². The third-order valence-electron chi connectivity index (χ3n) is 3.19. The Morgan fingerprint density at radius 2 is 1.65 bits per heavy atom. The molecular formula is C17H18F3NO2. The monoisotopic (exact) mass is 325 g/mol. The van der Waals surface area contributed by atoms with Crippen molar-refractivity contribution in [3.8, 4) is 22.6 Å². The van der Waals surface area contributed by atoms with Gasteiger partial charge in [0.2, 0.25) is 0 Å². The van der Waals surface area contributed by atoms with Gasteiger partial charge in [-0.15, -0.1) is 13.2 Å². The van der Waals surface area contributed by atoms with Gasteiger partial charge in [-0.2, -0.15) is 0 Å². The standard InChI is InChI=1S/C17H18F3NO2/c1-2-3-10-22-16-9-6-13(11-15(16)21)12-4-7-14(8-5-12)23-17(18,19)20/h4-9,11H,2-3,10,21H2,1H3. The summed E-state index contributed by atoms with van der Waals surface area (Å²) in [6.45, 7) is 2.67. The van der Waals surface area contributed by atoms with Gasteiger partial charge in [-0.25, -0.2) is 0 Å². The number of hydrogen-bond donors (Lipinski definition) is 1. The van der Waals surface area contributed by atoms with Gasteiger partial charge >= 0.3 is 6.36 Å². The summed E-state index contributed by atoms with van der Waals surface area (Å²) in [4.78, 5) is 0. The molecule has 0 aliphatic rings. The molecule has 0 atom stereocenters. The molecule has 2 rings (SSSR count). The number of anilines is 1. The largest absolute Gasteiger partial charge is 0.573 e. The maximum absolute atomic E-state index is 12.1. The molecule has 6 heteroatoms. The van der Waals surface area contributed by atoms with Gasteiger partial charge in [0.15, 0.2) is 0 Å². The van der Waals surface area contributed by atoms with Crippen molar-refractivity contribution < 1.29 is 22.6 Å². The molecule has 2 aromatic carbocycles. The molecule has 0 aliphatic carbocycles. The zero-order valence-corrected chi connectivity index (χ0v) is 12.7. The lowest BCUT2D eigenvalue weighted by Gasteiger charge is -2.11. The quantitative estimate of drug-likeness (QED) is 0.599. The molecule has 0 radical (unpaired) electrons. The van der Waals surface area contributed by atoms with Crippen LogP contribution >= 0.6 is 0 Å². The Hall–Kier alpha value is -2.37. The number of ether oxygens (including phenoxy) is 2. The van der Waals surface area contributed by atoms with Crippen LogP contribution in [0.3, 0.4) is 0 Å². The summed E-state index contributed by atoms with van der Waals surface area (Å²) in [5.74, 6) is 0.355. The molecule has 0 spiro atoms. The fourth-order valence-electron chi connectivity index (χ4n) is 2.03. The number of alkyl halides is 3. The molecule has 0 saturated heterocycles. The van der Waals surface area contributed by atoms with E-state index >= 15 is 0 Å². The van der Waals surface area contributed by atoms with E-state index in [0.29, 0.717) is 18.0 Å². The molecule has 23 heavy (non-hydrogen) atoms. The van der Waals surface area contributed by atoms with Gasteiger partial charge in [0.25, 0.3) is 0 Å². The van der Waals surface area contributed by atoms with Crippen LogP contribution in [0.5, 0.6) is 11.5 Å². The van der Waals surface area contributed by atoms with Gasteiger partial charge in [-0.1, -0.05) is 31.5 Å². The van der Waals surface area contributed by atoms with Crippen LogP contribution in [0.25, 0.3) is 11.1 Å². The van der Waals surface area contributed by atoms with Gasteiger partial charge in [-0.3, -0.25) is 0 Å². The van der Waals surface area contributed by atoms with Crippen LogP contribution < -0.4 is 15.2 Å². The number of benzene rings is 2. The van der Waals surface area contributed by atoms with Gasteiger partial charge < -0.3 is 15.2 Å². The topological polar surface area (TPSA) is 44.5 Å². The number of nitrogens with two attached hydrogens (primary N) is 1. The van der Waals surface area contributed by atoms with Crippen LogP contribution in [0, 0.1) is 0 Å². The van der Waals surface area contributed by atoms with Crippen molar-refractivity contribution in [1.29, 1.82) is 0 Å². The summed E-state index contributed by atoms with van der Waals surface area (Å²) >= 11 is 0. The van der Waals surface area contributed by atoms with E-state index in [1.165, 1.54) is 12.1 Å². The minimum atomic E-state index is -4.69. The minimum absolute atomic E-state index is 0.256. The Morgan fingerprint density at radius 3 is 2.22 bits per heavy atom. The molecular weight excluding hydrogens is 307 g/mol. The van der Waals surface area contributed by atoms with Crippen molar-refractivity contribution in [2.75, 3.05) is 12.3 Å². The average Bonchev–Trinajstić information content (AvgIpc) is 2.48. The molecule has 0 unspecified atom stereocenters. The molecule has 0 fully saturated rings. The molecule has 0 aromatic heterocycles. The highest BCUT2D eigenvalue weighted by Crippen LogP contribution is 2.30. The molecule has 0 aliphatic heterocycles. The molecule has 0 saturated carbocycles. The molecule has 2 aromatic rings. The number of rotatable bonds is 6. The Morgan fingerprint density at radius 1 is 1.00 bits per heavy atom. The maximum atomic E-state index is 12.1. The van der Waals surface area contributed by atoms with E-state index in [1.54, 1.807) is 24.3 Å². The number of hydrogen-bond acceptors (Lipinski definition) is 3. The highest BCUT2D eigenvalue weighted by atomic mass is 19.4. The summed E-state index contributed by atoms with van der Waals surface area (Å²) < 4.78 is 45.8. The summed E-state index contributed by atoms with van der Waals surface area (Å²) in [7, 11) is 0. The first kappa shape index (κ1) is 17.0. The van der Waals surface area contributed by atoms with Crippen LogP contribution in [0.15, 0.2) is 42.5 Å². The smallest absolute Gasteiger partial charge is 0.491 e. The van der Waals surface area contributed by atoms with Gasteiger partial charge in [0, 0.05) is 0 Å². The van der Waals surface area contributed by atoms with Crippen LogP contribution in [0.4, 0.5) is 18.9 Å². The van der Waals surface area contributed by atoms with E-state index in [9.17, 15) is 13.2 Å². The third kappa shape index (κ3) is 5.09.